The van der Waals surface area contributed by atoms with Crippen molar-refractivity contribution in [2.24, 2.45) is 0 Å². The molecule has 0 N–H and O–H groups in total. The third-order valence-corrected chi connectivity index (χ3v) is 5.10. The predicted octanol–water partition coefficient (Wildman–Crippen LogP) is 3.66. The van der Waals surface area contributed by atoms with Crippen LogP contribution in [-0.4, -0.2) is 67.3 Å². The maximum Gasteiger partial charge on any atom is 0.409 e. The Balaban J connectivity index is 1.83. The van der Waals surface area contributed by atoms with Gasteiger partial charge in [0.05, 0.1) is 6.61 Å². The van der Waals surface area contributed by atoms with E-state index in [1.54, 1.807) is 4.90 Å². The molecule has 1 saturated heterocycles. The minimum absolute atomic E-state index is 0.236. The van der Waals surface area contributed by atoms with Crippen molar-refractivity contribution in [3.8, 4) is 11.4 Å². The molecule has 1 amide bonds. The number of carbonyl (C=O) groups excluding carboxylic acids is 1. The fourth-order valence-corrected chi connectivity index (χ4v) is 3.34. The maximum atomic E-state index is 12.0. The lowest BCUT2D eigenvalue weighted by Gasteiger charge is -2.35. The molecular formula is C22H31N5O2. The molecule has 1 fully saturated rings. The van der Waals surface area contributed by atoms with E-state index in [-0.39, 0.29) is 6.09 Å². The van der Waals surface area contributed by atoms with Crippen LogP contribution in [0.25, 0.3) is 11.4 Å². The molecule has 0 bridgehead atoms. The van der Waals surface area contributed by atoms with Crippen LogP contribution in [0.2, 0.25) is 0 Å². The number of hydrogen-bond donors (Lipinski definition) is 0. The lowest BCUT2D eigenvalue weighted by atomic mass is 10.2. The number of unbranched alkanes of at least 4 members (excludes halogenated alkanes) is 1. The molecule has 1 aliphatic heterocycles. The minimum Gasteiger partial charge on any atom is -0.450 e. The number of amides is 1. The van der Waals surface area contributed by atoms with Gasteiger partial charge in [-0.3, -0.25) is 0 Å². The van der Waals surface area contributed by atoms with E-state index in [0.717, 1.165) is 55.5 Å². The largest absolute Gasteiger partial charge is 0.450 e. The second-order valence-electron chi connectivity index (χ2n) is 7.22. The van der Waals surface area contributed by atoms with E-state index in [9.17, 15) is 4.79 Å². The first-order valence-electron chi connectivity index (χ1n) is 10.4. The lowest BCUT2D eigenvalue weighted by Crippen LogP contribution is -2.49. The molecule has 0 atom stereocenters. The van der Waals surface area contributed by atoms with Gasteiger partial charge in [0.15, 0.2) is 5.82 Å². The highest BCUT2D eigenvalue weighted by atomic mass is 16.6. The van der Waals surface area contributed by atoms with Crippen LogP contribution in [0, 0.1) is 0 Å². The van der Waals surface area contributed by atoms with Crippen molar-refractivity contribution in [1.29, 1.82) is 0 Å². The summed E-state index contributed by atoms with van der Waals surface area (Å²) in [6.45, 7) is 8.09. The van der Waals surface area contributed by atoms with Gasteiger partial charge in [-0.25, -0.2) is 14.8 Å². The zero-order valence-corrected chi connectivity index (χ0v) is 17.7. The summed E-state index contributed by atoms with van der Waals surface area (Å²) in [7, 11) is 2.08. The van der Waals surface area contributed by atoms with Crippen LogP contribution in [-0.2, 0) is 4.74 Å². The summed E-state index contributed by atoms with van der Waals surface area (Å²) in [6, 6.07) is 12.1. The van der Waals surface area contributed by atoms with Crippen molar-refractivity contribution in [2.45, 2.75) is 26.7 Å². The smallest absolute Gasteiger partial charge is 0.409 e. The van der Waals surface area contributed by atoms with Crippen molar-refractivity contribution in [1.82, 2.24) is 14.9 Å². The molecule has 0 unspecified atom stereocenters. The standard InChI is InChI=1S/C22H31N5O2/c1-4-6-12-25(3)19-17-20(24-21(23-19)18-10-8-7-9-11-18)26-13-15-27(16-14-26)22(28)29-5-2/h7-11,17H,4-6,12-16H2,1-3H3. The summed E-state index contributed by atoms with van der Waals surface area (Å²) >= 11 is 0. The number of nitrogens with zero attached hydrogens (tertiary/aromatic N) is 5. The predicted molar refractivity (Wildman–Crippen MR) is 116 cm³/mol. The molecule has 7 nitrogen and oxygen atoms in total. The van der Waals surface area contributed by atoms with Gasteiger partial charge in [0.2, 0.25) is 0 Å². The van der Waals surface area contributed by atoms with Gasteiger partial charge in [-0.2, -0.15) is 0 Å². The van der Waals surface area contributed by atoms with Crippen molar-refractivity contribution >= 4 is 17.7 Å². The fourth-order valence-electron chi connectivity index (χ4n) is 3.34. The van der Waals surface area contributed by atoms with Gasteiger partial charge in [0.25, 0.3) is 0 Å². The highest BCUT2D eigenvalue weighted by Crippen LogP contribution is 2.25. The number of rotatable bonds is 7. The van der Waals surface area contributed by atoms with Gasteiger partial charge < -0.3 is 19.4 Å². The third-order valence-electron chi connectivity index (χ3n) is 5.10. The second kappa shape index (κ2) is 10.1. The number of aromatic nitrogens is 2. The van der Waals surface area contributed by atoms with Crippen LogP contribution in [0.4, 0.5) is 16.4 Å². The van der Waals surface area contributed by atoms with Gasteiger partial charge >= 0.3 is 6.09 Å². The molecule has 0 saturated carbocycles. The molecule has 29 heavy (non-hydrogen) atoms. The number of piperazine rings is 1. The van der Waals surface area contributed by atoms with Crippen molar-refractivity contribution in [3.63, 3.8) is 0 Å². The summed E-state index contributed by atoms with van der Waals surface area (Å²) in [5.41, 5.74) is 1.00. The molecule has 1 aliphatic rings. The molecule has 7 heteroatoms. The van der Waals surface area contributed by atoms with Crippen LogP contribution in [0.5, 0.6) is 0 Å². The molecule has 0 spiro atoms. The number of ether oxygens (including phenoxy) is 1. The number of hydrogen-bond acceptors (Lipinski definition) is 6. The van der Waals surface area contributed by atoms with E-state index in [2.05, 4.69) is 29.8 Å². The minimum atomic E-state index is -0.236. The quantitative estimate of drug-likeness (QED) is 0.711. The SMILES string of the molecule is CCCCN(C)c1cc(N2CCN(C(=O)OCC)CC2)nc(-c2ccccc2)n1. The van der Waals surface area contributed by atoms with E-state index in [0.29, 0.717) is 19.7 Å². The molecule has 0 radical (unpaired) electrons. The monoisotopic (exact) mass is 397 g/mol. The summed E-state index contributed by atoms with van der Waals surface area (Å²) < 4.78 is 5.12. The first-order chi connectivity index (χ1) is 14.1. The summed E-state index contributed by atoms with van der Waals surface area (Å²) in [4.78, 5) is 27.8. The third kappa shape index (κ3) is 5.37. The van der Waals surface area contributed by atoms with E-state index >= 15 is 0 Å². The van der Waals surface area contributed by atoms with E-state index in [1.165, 1.54) is 0 Å². The Bertz CT molecular complexity index is 791. The Morgan fingerprint density at radius 3 is 2.48 bits per heavy atom. The molecule has 2 aromatic rings. The second-order valence-corrected chi connectivity index (χ2v) is 7.22. The van der Waals surface area contributed by atoms with Crippen LogP contribution in [0.1, 0.15) is 26.7 Å². The highest BCUT2D eigenvalue weighted by molar-refractivity contribution is 5.68. The molecule has 1 aromatic carbocycles. The molecule has 2 heterocycles. The zero-order valence-electron chi connectivity index (χ0n) is 17.7. The molecular weight excluding hydrogens is 366 g/mol. The van der Waals surface area contributed by atoms with Gasteiger partial charge in [-0.1, -0.05) is 43.7 Å². The van der Waals surface area contributed by atoms with Gasteiger partial charge in [-0.05, 0) is 13.3 Å². The summed E-state index contributed by atoms with van der Waals surface area (Å²) in [5, 5.41) is 0. The number of anilines is 2. The highest BCUT2D eigenvalue weighted by Gasteiger charge is 2.24. The van der Waals surface area contributed by atoms with E-state index < -0.39 is 0 Å². The maximum absolute atomic E-state index is 12.0. The Morgan fingerprint density at radius 2 is 1.83 bits per heavy atom. The summed E-state index contributed by atoms with van der Waals surface area (Å²) in [5.74, 6) is 2.56. The number of carbonyl (C=O) groups is 1. The first-order valence-corrected chi connectivity index (χ1v) is 10.4. The van der Waals surface area contributed by atoms with Crippen molar-refractivity contribution < 1.29 is 9.53 Å². The Labute approximate surface area is 173 Å². The Kier molecular flexibility index (Phi) is 7.27. The van der Waals surface area contributed by atoms with Gasteiger partial charge in [0.1, 0.15) is 11.6 Å². The van der Waals surface area contributed by atoms with Crippen LogP contribution in [0.3, 0.4) is 0 Å². The topological polar surface area (TPSA) is 61.8 Å². The molecule has 0 aliphatic carbocycles. The zero-order chi connectivity index (χ0) is 20.6. The average Bonchev–Trinajstić information content (AvgIpc) is 2.78. The Hall–Kier alpha value is -2.83. The van der Waals surface area contributed by atoms with Crippen molar-refractivity contribution in [3.05, 3.63) is 36.4 Å². The molecule has 3 rings (SSSR count). The normalized spacial score (nSPS) is 14.0. The lowest BCUT2D eigenvalue weighted by molar-refractivity contribution is 0.105. The van der Waals surface area contributed by atoms with Gasteiger partial charge in [-0.15, -0.1) is 0 Å². The van der Waals surface area contributed by atoms with Crippen LogP contribution >= 0.6 is 0 Å². The van der Waals surface area contributed by atoms with E-state index in [4.69, 9.17) is 14.7 Å². The van der Waals surface area contributed by atoms with Crippen LogP contribution < -0.4 is 9.80 Å². The van der Waals surface area contributed by atoms with Crippen molar-refractivity contribution in [2.75, 3.05) is 56.2 Å². The Morgan fingerprint density at radius 1 is 1.10 bits per heavy atom. The first kappa shape index (κ1) is 20.9. The average molecular weight is 398 g/mol. The number of benzene rings is 1. The van der Waals surface area contributed by atoms with E-state index in [1.807, 2.05) is 37.3 Å². The van der Waals surface area contributed by atoms with Gasteiger partial charge in [0, 0.05) is 51.4 Å². The fraction of sp³-hybridized carbons (Fsp3) is 0.500. The molecule has 156 valence electrons. The summed E-state index contributed by atoms with van der Waals surface area (Å²) in [6.07, 6.45) is 2.03. The van der Waals surface area contributed by atoms with Crippen LogP contribution in [0.15, 0.2) is 36.4 Å². The molecule has 1 aromatic heterocycles.